The molecule has 0 aromatic heterocycles. The van der Waals surface area contributed by atoms with E-state index < -0.39 is 0 Å². The second-order valence-corrected chi connectivity index (χ2v) is 3.90. The Labute approximate surface area is 104 Å². The first-order valence-electron chi connectivity index (χ1n) is 6.31. The quantitative estimate of drug-likeness (QED) is 0.523. The Morgan fingerprint density at radius 2 is 2.00 bits per heavy atom. The summed E-state index contributed by atoms with van der Waals surface area (Å²) in [5, 5.41) is 6.02. The van der Waals surface area contributed by atoms with Gasteiger partial charge in [-0.05, 0) is 26.3 Å². The largest absolute Gasteiger partial charge is 0.385 e. The highest BCUT2D eigenvalue weighted by molar-refractivity contribution is 5.80. The average molecular weight is 246 g/mol. The van der Waals surface area contributed by atoms with Crippen molar-refractivity contribution in [3.05, 3.63) is 0 Å². The van der Waals surface area contributed by atoms with Crippen molar-refractivity contribution in [2.45, 2.75) is 32.8 Å². The molecule has 2 N–H and O–H groups in total. The Morgan fingerprint density at radius 1 is 1.24 bits per heavy atom. The molecule has 1 atom stereocenters. The van der Waals surface area contributed by atoms with E-state index in [1.165, 1.54) is 0 Å². The third-order valence-electron chi connectivity index (χ3n) is 2.27. The molecule has 0 heterocycles. The van der Waals surface area contributed by atoms with E-state index in [9.17, 15) is 4.79 Å². The molecular weight excluding hydrogens is 220 g/mol. The Kier molecular flexibility index (Phi) is 11.4. The van der Waals surface area contributed by atoms with Crippen LogP contribution in [0.5, 0.6) is 0 Å². The van der Waals surface area contributed by atoms with Gasteiger partial charge in [0.15, 0.2) is 0 Å². The molecule has 1 amide bonds. The van der Waals surface area contributed by atoms with Gasteiger partial charge in [0, 0.05) is 26.8 Å². The molecule has 0 radical (unpaired) electrons. The van der Waals surface area contributed by atoms with Crippen molar-refractivity contribution >= 4 is 5.91 Å². The zero-order valence-corrected chi connectivity index (χ0v) is 11.3. The molecule has 5 nitrogen and oxygen atoms in total. The van der Waals surface area contributed by atoms with Crippen molar-refractivity contribution in [3.63, 3.8) is 0 Å². The summed E-state index contributed by atoms with van der Waals surface area (Å²) in [6.45, 7) is 7.52. The predicted molar refractivity (Wildman–Crippen MR) is 68.1 cm³/mol. The maximum absolute atomic E-state index is 11.5. The normalized spacial score (nSPS) is 12.4. The average Bonchev–Trinajstić information content (AvgIpc) is 2.34. The van der Waals surface area contributed by atoms with Crippen LogP contribution < -0.4 is 10.6 Å². The van der Waals surface area contributed by atoms with Crippen LogP contribution in [-0.4, -0.2) is 52.0 Å². The topological polar surface area (TPSA) is 59.6 Å². The van der Waals surface area contributed by atoms with Crippen molar-refractivity contribution < 1.29 is 14.3 Å². The summed E-state index contributed by atoms with van der Waals surface area (Å²) in [6.07, 6.45) is 1.55. The number of hydrogen-bond donors (Lipinski definition) is 2. The number of rotatable bonds is 11. The number of carbonyl (C=O) groups excluding carboxylic acids is 1. The lowest BCUT2D eigenvalue weighted by Gasteiger charge is -2.13. The molecule has 0 aromatic carbocycles. The summed E-state index contributed by atoms with van der Waals surface area (Å²) < 4.78 is 10.3. The fourth-order valence-electron chi connectivity index (χ4n) is 1.26. The summed E-state index contributed by atoms with van der Waals surface area (Å²) in [5.41, 5.74) is 0. The van der Waals surface area contributed by atoms with E-state index in [4.69, 9.17) is 9.47 Å². The first kappa shape index (κ1) is 16.4. The summed E-state index contributed by atoms with van der Waals surface area (Å²) >= 11 is 0. The van der Waals surface area contributed by atoms with Crippen molar-refractivity contribution in [3.8, 4) is 0 Å². The lowest BCUT2D eigenvalue weighted by molar-refractivity contribution is -0.131. The van der Waals surface area contributed by atoms with Crippen molar-refractivity contribution in [2.75, 3.05) is 40.0 Å². The maximum atomic E-state index is 11.5. The van der Waals surface area contributed by atoms with Gasteiger partial charge in [0.05, 0.1) is 6.61 Å². The van der Waals surface area contributed by atoms with Crippen LogP contribution in [0.4, 0.5) is 0 Å². The molecule has 0 aliphatic heterocycles. The highest BCUT2D eigenvalue weighted by Crippen LogP contribution is 1.90. The molecule has 0 saturated carbocycles. The summed E-state index contributed by atoms with van der Waals surface area (Å²) in [5.74, 6) is -0.0587. The first-order valence-corrected chi connectivity index (χ1v) is 6.31. The monoisotopic (exact) mass is 246 g/mol. The zero-order chi connectivity index (χ0) is 12.9. The SMILES string of the molecule is CCCNCCOC(C)C(=O)NCCCOC. The highest BCUT2D eigenvalue weighted by atomic mass is 16.5. The molecule has 0 fully saturated rings. The van der Waals surface area contributed by atoms with Gasteiger partial charge in [-0.3, -0.25) is 4.79 Å². The summed E-state index contributed by atoms with van der Waals surface area (Å²) in [7, 11) is 1.65. The minimum absolute atomic E-state index is 0.0587. The van der Waals surface area contributed by atoms with E-state index >= 15 is 0 Å². The number of amides is 1. The van der Waals surface area contributed by atoms with Gasteiger partial charge < -0.3 is 20.1 Å². The highest BCUT2D eigenvalue weighted by Gasteiger charge is 2.11. The molecule has 0 rings (SSSR count). The van der Waals surface area contributed by atoms with Crippen LogP contribution in [0.3, 0.4) is 0 Å². The van der Waals surface area contributed by atoms with E-state index in [1.54, 1.807) is 14.0 Å². The van der Waals surface area contributed by atoms with Crippen molar-refractivity contribution in [1.29, 1.82) is 0 Å². The Balaban J connectivity index is 3.40. The second kappa shape index (κ2) is 11.8. The molecule has 17 heavy (non-hydrogen) atoms. The Morgan fingerprint density at radius 3 is 2.65 bits per heavy atom. The van der Waals surface area contributed by atoms with Gasteiger partial charge in [-0.2, -0.15) is 0 Å². The van der Waals surface area contributed by atoms with E-state index in [1.807, 2.05) is 0 Å². The zero-order valence-electron chi connectivity index (χ0n) is 11.3. The van der Waals surface area contributed by atoms with E-state index in [0.717, 1.165) is 25.9 Å². The van der Waals surface area contributed by atoms with Gasteiger partial charge >= 0.3 is 0 Å². The van der Waals surface area contributed by atoms with Crippen LogP contribution in [0.1, 0.15) is 26.7 Å². The van der Waals surface area contributed by atoms with Gasteiger partial charge in [0.1, 0.15) is 6.10 Å². The maximum Gasteiger partial charge on any atom is 0.248 e. The summed E-state index contributed by atoms with van der Waals surface area (Å²) in [6, 6.07) is 0. The van der Waals surface area contributed by atoms with Crippen LogP contribution >= 0.6 is 0 Å². The molecule has 0 bridgehead atoms. The second-order valence-electron chi connectivity index (χ2n) is 3.90. The molecular formula is C12H26N2O3. The number of carbonyl (C=O) groups is 1. The van der Waals surface area contributed by atoms with Crippen LogP contribution in [0.15, 0.2) is 0 Å². The van der Waals surface area contributed by atoms with E-state index in [2.05, 4.69) is 17.6 Å². The number of ether oxygens (including phenoxy) is 2. The Hall–Kier alpha value is -0.650. The molecule has 102 valence electrons. The van der Waals surface area contributed by atoms with Crippen molar-refractivity contribution in [1.82, 2.24) is 10.6 Å². The minimum Gasteiger partial charge on any atom is -0.385 e. The predicted octanol–water partition coefficient (Wildman–Crippen LogP) is 0.544. The third-order valence-corrected chi connectivity index (χ3v) is 2.27. The molecule has 1 unspecified atom stereocenters. The minimum atomic E-state index is -0.388. The third kappa shape index (κ3) is 10.2. The van der Waals surface area contributed by atoms with Gasteiger partial charge in [-0.25, -0.2) is 0 Å². The molecule has 0 aliphatic rings. The fraction of sp³-hybridized carbons (Fsp3) is 0.917. The van der Waals surface area contributed by atoms with Gasteiger partial charge in [-0.15, -0.1) is 0 Å². The summed E-state index contributed by atoms with van der Waals surface area (Å²) in [4.78, 5) is 11.5. The van der Waals surface area contributed by atoms with Crippen LogP contribution in [0.25, 0.3) is 0 Å². The number of hydrogen-bond acceptors (Lipinski definition) is 4. The first-order chi connectivity index (χ1) is 8.22. The van der Waals surface area contributed by atoms with E-state index in [-0.39, 0.29) is 12.0 Å². The molecule has 0 aliphatic carbocycles. The lowest BCUT2D eigenvalue weighted by Crippen LogP contribution is -2.36. The van der Waals surface area contributed by atoms with Crippen LogP contribution in [0.2, 0.25) is 0 Å². The van der Waals surface area contributed by atoms with Gasteiger partial charge in [0.25, 0.3) is 0 Å². The van der Waals surface area contributed by atoms with Gasteiger partial charge in [-0.1, -0.05) is 6.92 Å². The van der Waals surface area contributed by atoms with E-state index in [0.29, 0.717) is 19.8 Å². The van der Waals surface area contributed by atoms with Gasteiger partial charge in [0.2, 0.25) is 5.91 Å². The standard InChI is InChI=1S/C12H26N2O3/c1-4-6-13-8-10-17-11(2)12(15)14-7-5-9-16-3/h11,13H,4-10H2,1-3H3,(H,14,15). The lowest BCUT2D eigenvalue weighted by atomic mass is 10.3. The van der Waals surface area contributed by atoms with Crippen LogP contribution in [0, 0.1) is 0 Å². The number of nitrogens with one attached hydrogen (secondary N) is 2. The van der Waals surface area contributed by atoms with Crippen molar-refractivity contribution in [2.24, 2.45) is 0 Å². The molecule has 5 heteroatoms. The number of methoxy groups -OCH3 is 1. The smallest absolute Gasteiger partial charge is 0.248 e. The Bertz CT molecular complexity index is 189. The van der Waals surface area contributed by atoms with Crippen LogP contribution in [-0.2, 0) is 14.3 Å². The molecule has 0 saturated heterocycles. The fourth-order valence-corrected chi connectivity index (χ4v) is 1.26. The molecule has 0 spiro atoms. The molecule has 0 aromatic rings.